The molecule has 1 aromatic heterocycles. The predicted molar refractivity (Wildman–Crippen MR) is 117 cm³/mol. The first-order chi connectivity index (χ1) is 14.3. The van der Waals surface area contributed by atoms with Crippen molar-refractivity contribution in [2.75, 3.05) is 6.54 Å². The van der Waals surface area contributed by atoms with Crippen molar-refractivity contribution in [3.63, 3.8) is 0 Å². The Bertz CT molecular complexity index is 1030. The molecule has 4 nitrogen and oxygen atoms in total. The van der Waals surface area contributed by atoms with Gasteiger partial charge in [0.05, 0.1) is 0 Å². The molecule has 29 heavy (non-hydrogen) atoms. The Balaban J connectivity index is 1.31. The fraction of sp³-hybridized carbons (Fsp3) is 0.292. The van der Waals surface area contributed by atoms with Crippen LogP contribution in [0, 0.1) is 0 Å². The molecule has 2 aliphatic rings. The number of fused-ring (bicyclic) bond motifs is 2. The molecule has 0 spiro atoms. The molecule has 3 heterocycles. The van der Waals surface area contributed by atoms with Crippen molar-refractivity contribution in [2.24, 2.45) is 0 Å². The Morgan fingerprint density at radius 2 is 1.76 bits per heavy atom. The van der Waals surface area contributed by atoms with Crippen LogP contribution < -0.4 is 5.32 Å². The van der Waals surface area contributed by atoms with E-state index in [1.807, 2.05) is 42.3 Å². The molecule has 1 amide bonds. The van der Waals surface area contributed by atoms with Crippen molar-refractivity contribution in [1.29, 1.82) is 0 Å². The summed E-state index contributed by atoms with van der Waals surface area (Å²) in [6, 6.07) is 20.9. The first-order valence-corrected chi connectivity index (χ1v) is 11.1. The molecule has 5 heteroatoms. The minimum atomic E-state index is 0.0212. The maximum Gasteiger partial charge on any atom is 0.268 e. The van der Waals surface area contributed by atoms with Gasteiger partial charge in [-0.3, -0.25) is 4.79 Å². The minimum Gasteiger partial charge on any atom is -0.347 e. The lowest BCUT2D eigenvalue weighted by Gasteiger charge is -2.27. The number of aromatic nitrogens is 1. The van der Waals surface area contributed by atoms with Crippen LogP contribution in [0.1, 0.15) is 39.3 Å². The topological polar surface area (TPSA) is 37.3 Å². The maximum atomic E-state index is 12.9. The van der Waals surface area contributed by atoms with Gasteiger partial charge in [-0.15, -0.1) is 0 Å². The van der Waals surface area contributed by atoms with E-state index in [4.69, 9.17) is 0 Å². The minimum absolute atomic E-state index is 0.0212. The van der Waals surface area contributed by atoms with Gasteiger partial charge in [-0.05, 0) is 54.0 Å². The van der Waals surface area contributed by atoms with Gasteiger partial charge in [-0.1, -0.05) is 54.6 Å². The van der Waals surface area contributed by atoms with Crippen molar-refractivity contribution in [3.05, 3.63) is 88.7 Å². The Morgan fingerprint density at radius 3 is 2.62 bits per heavy atom. The van der Waals surface area contributed by atoms with Gasteiger partial charge in [0.15, 0.2) is 0 Å². The summed E-state index contributed by atoms with van der Waals surface area (Å²) < 4.78 is 4.66. The highest BCUT2D eigenvalue weighted by atomic mass is 32.2. The summed E-state index contributed by atoms with van der Waals surface area (Å²) in [6.45, 7) is 3.50. The van der Waals surface area contributed by atoms with Crippen LogP contribution in [-0.4, -0.2) is 21.3 Å². The van der Waals surface area contributed by atoms with E-state index < -0.39 is 0 Å². The van der Waals surface area contributed by atoms with Gasteiger partial charge < -0.3 is 9.88 Å². The summed E-state index contributed by atoms with van der Waals surface area (Å²) in [5, 5.41) is 3.09. The molecule has 1 N–H and O–H groups in total. The van der Waals surface area contributed by atoms with Crippen LogP contribution in [-0.2, 0) is 32.5 Å². The van der Waals surface area contributed by atoms with Gasteiger partial charge in [0.1, 0.15) is 5.69 Å². The predicted octanol–water partition coefficient (Wildman–Crippen LogP) is 4.43. The molecule has 0 atom stereocenters. The summed E-state index contributed by atoms with van der Waals surface area (Å²) in [7, 11) is 0. The molecule has 0 saturated heterocycles. The van der Waals surface area contributed by atoms with Gasteiger partial charge in [0.25, 0.3) is 5.91 Å². The molecule has 2 aliphatic heterocycles. The normalized spacial score (nSPS) is 15.7. The highest BCUT2D eigenvalue weighted by molar-refractivity contribution is 7.97. The average molecular weight is 404 g/mol. The van der Waals surface area contributed by atoms with E-state index in [0.717, 1.165) is 50.2 Å². The zero-order valence-corrected chi connectivity index (χ0v) is 17.3. The van der Waals surface area contributed by atoms with Gasteiger partial charge >= 0.3 is 0 Å². The van der Waals surface area contributed by atoms with E-state index in [1.165, 1.54) is 21.7 Å². The van der Waals surface area contributed by atoms with Crippen LogP contribution in [0.3, 0.4) is 0 Å². The standard InChI is InChI=1S/C24H25N3OS/c28-24(25-16-18-7-2-1-3-8-18)22-15-23(21-11-6-13-27(21)22)29-26-14-12-19-9-4-5-10-20(19)17-26/h1-5,7-10,15H,6,11-14,16-17H2,(H,25,28). The molecule has 3 aromatic rings. The quantitative estimate of drug-likeness (QED) is 0.641. The molecule has 5 rings (SSSR count). The molecule has 0 bridgehead atoms. The fourth-order valence-corrected chi connectivity index (χ4v) is 5.45. The smallest absolute Gasteiger partial charge is 0.268 e. The van der Waals surface area contributed by atoms with Crippen LogP contribution >= 0.6 is 11.9 Å². The molecule has 0 aliphatic carbocycles. The number of carbonyl (C=O) groups is 1. The Morgan fingerprint density at radius 1 is 0.966 bits per heavy atom. The molecule has 0 unspecified atom stereocenters. The van der Waals surface area contributed by atoms with Crippen LogP contribution in [0.4, 0.5) is 0 Å². The summed E-state index contributed by atoms with van der Waals surface area (Å²) in [6.07, 6.45) is 3.26. The van der Waals surface area contributed by atoms with Gasteiger partial charge in [0, 0.05) is 36.8 Å². The second-order valence-electron chi connectivity index (χ2n) is 7.74. The third-order valence-electron chi connectivity index (χ3n) is 5.82. The Labute approximate surface area is 176 Å². The van der Waals surface area contributed by atoms with E-state index in [1.54, 1.807) is 0 Å². The lowest BCUT2D eigenvalue weighted by atomic mass is 10.0. The van der Waals surface area contributed by atoms with E-state index in [-0.39, 0.29) is 5.91 Å². The van der Waals surface area contributed by atoms with Crippen molar-refractivity contribution < 1.29 is 4.79 Å². The molecular formula is C24H25N3OS. The van der Waals surface area contributed by atoms with E-state index in [2.05, 4.69) is 44.5 Å². The summed E-state index contributed by atoms with van der Waals surface area (Å²) >= 11 is 1.82. The molecule has 148 valence electrons. The monoisotopic (exact) mass is 403 g/mol. The number of amides is 1. The molecule has 2 aromatic carbocycles. The van der Waals surface area contributed by atoms with Gasteiger partial charge in [-0.2, -0.15) is 0 Å². The molecule has 0 radical (unpaired) electrons. The third kappa shape index (κ3) is 3.85. The number of benzene rings is 2. The highest BCUT2D eigenvalue weighted by Crippen LogP contribution is 2.36. The number of hydrogen-bond donors (Lipinski definition) is 1. The average Bonchev–Trinajstić information content (AvgIpc) is 3.37. The van der Waals surface area contributed by atoms with Crippen molar-refractivity contribution in [1.82, 2.24) is 14.2 Å². The fourth-order valence-electron chi connectivity index (χ4n) is 4.30. The van der Waals surface area contributed by atoms with Crippen LogP contribution in [0.2, 0.25) is 0 Å². The summed E-state index contributed by atoms with van der Waals surface area (Å²) in [4.78, 5) is 14.1. The Kier molecular flexibility index (Phi) is 5.17. The van der Waals surface area contributed by atoms with E-state index in [0.29, 0.717) is 6.54 Å². The van der Waals surface area contributed by atoms with Crippen molar-refractivity contribution in [2.45, 2.75) is 43.8 Å². The van der Waals surface area contributed by atoms with E-state index in [9.17, 15) is 4.79 Å². The highest BCUT2D eigenvalue weighted by Gasteiger charge is 2.26. The Hall–Kier alpha value is -2.50. The lowest BCUT2D eigenvalue weighted by Crippen LogP contribution is -2.25. The SMILES string of the molecule is O=C(NCc1ccccc1)c1cc(SN2CCc3ccccc3C2)c2n1CCC2. The maximum absolute atomic E-state index is 12.9. The van der Waals surface area contributed by atoms with Gasteiger partial charge in [-0.25, -0.2) is 4.31 Å². The first-order valence-electron chi connectivity index (χ1n) is 10.3. The number of carbonyl (C=O) groups excluding carboxylic acids is 1. The number of nitrogens with zero attached hydrogens (tertiary/aromatic N) is 2. The molecular weight excluding hydrogens is 378 g/mol. The van der Waals surface area contributed by atoms with Gasteiger partial charge in [0.2, 0.25) is 0 Å². The first kappa shape index (κ1) is 18.5. The third-order valence-corrected chi connectivity index (χ3v) is 6.94. The summed E-state index contributed by atoms with van der Waals surface area (Å²) in [5.41, 5.74) is 6.12. The number of nitrogens with one attached hydrogen (secondary N) is 1. The zero-order chi connectivity index (χ0) is 19.6. The molecule has 0 fully saturated rings. The molecule has 0 saturated carbocycles. The second kappa shape index (κ2) is 8.09. The van der Waals surface area contributed by atoms with Crippen molar-refractivity contribution in [3.8, 4) is 0 Å². The van der Waals surface area contributed by atoms with Crippen LogP contribution in [0.5, 0.6) is 0 Å². The van der Waals surface area contributed by atoms with Crippen LogP contribution in [0.15, 0.2) is 65.6 Å². The zero-order valence-electron chi connectivity index (χ0n) is 16.4. The largest absolute Gasteiger partial charge is 0.347 e. The summed E-state index contributed by atoms with van der Waals surface area (Å²) in [5.74, 6) is 0.0212. The van der Waals surface area contributed by atoms with E-state index >= 15 is 0 Å². The second-order valence-corrected chi connectivity index (χ2v) is 8.88. The van der Waals surface area contributed by atoms with Crippen LogP contribution in [0.25, 0.3) is 0 Å². The number of rotatable bonds is 5. The lowest BCUT2D eigenvalue weighted by molar-refractivity contribution is 0.0942. The van der Waals surface area contributed by atoms with Crippen molar-refractivity contribution >= 4 is 17.9 Å². The number of hydrogen-bond acceptors (Lipinski definition) is 3.